The van der Waals surface area contributed by atoms with Crippen molar-refractivity contribution in [2.45, 2.75) is 13.5 Å². The number of nitrogens with one attached hydrogen (secondary N) is 1. The van der Waals surface area contributed by atoms with Gasteiger partial charge in [0.2, 0.25) is 5.91 Å². The molecule has 2 aromatic carbocycles. The summed E-state index contributed by atoms with van der Waals surface area (Å²) >= 11 is 0. The van der Waals surface area contributed by atoms with Crippen LogP contribution in [0.15, 0.2) is 91.4 Å². The molecular weight excluding hydrogens is 400 g/mol. The van der Waals surface area contributed by atoms with Crippen molar-refractivity contribution >= 4 is 12.0 Å². The molecule has 32 heavy (non-hydrogen) atoms. The molecule has 4 rings (SSSR count). The maximum absolute atomic E-state index is 12.5. The summed E-state index contributed by atoms with van der Waals surface area (Å²) in [5.41, 5.74) is 4.39. The SMILES string of the molecule is CCOc1cccc(CNC(=O)/C=C/c2cn(-c3ccccc3)nc2-c2cccnc2)c1. The van der Waals surface area contributed by atoms with E-state index in [4.69, 9.17) is 9.84 Å². The Labute approximate surface area is 187 Å². The molecule has 6 nitrogen and oxygen atoms in total. The van der Waals surface area contributed by atoms with E-state index in [1.165, 1.54) is 6.08 Å². The number of hydrogen-bond donors (Lipinski definition) is 1. The third-order valence-corrected chi connectivity index (χ3v) is 4.79. The van der Waals surface area contributed by atoms with E-state index < -0.39 is 0 Å². The van der Waals surface area contributed by atoms with Crippen LogP contribution < -0.4 is 10.1 Å². The second-order valence-corrected chi connectivity index (χ2v) is 7.09. The van der Waals surface area contributed by atoms with Gasteiger partial charge in [0.1, 0.15) is 11.4 Å². The summed E-state index contributed by atoms with van der Waals surface area (Å²) in [4.78, 5) is 16.7. The Morgan fingerprint density at radius 1 is 1.09 bits per heavy atom. The van der Waals surface area contributed by atoms with Crippen LogP contribution in [0.5, 0.6) is 5.75 Å². The summed E-state index contributed by atoms with van der Waals surface area (Å²) in [6.07, 6.45) is 8.70. The van der Waals surface area contributed by atoms with Gasteiger partial charge < -0.3 is 10.1 Å². The van der Waals surface area contributed by atoms with Crippen LogP contribution in [-0.2, 0) is 11.3 Å². The molecule has 0 aliphatic rings. The number of amides is 1. The second kappa shape index (κ2) is 10.2. The van der Waals surface area contributed by atoms with Crippen LogP contribution in [0, 0.1) is 0 Å². The zero-order valence-corrected chi connectivity index (χ0v) is 17.8. The lowest BCUT2D eigenvalue weighted by atomic mass is 10.1. The van der Waals surface area contributed by atoms with E-state index in [1.54, 1.807) is 23.2 Å². The Morgan fingerprint density at radius 3 is 2.75 bits per heavy atom. The number of carbonyl (C=O) groups is 1. The highest BCUT2D eigenvalue weighted by molar-refractivity contribution is 5.92. The third kappa shape index (κ3) is 5.29. The van der Waals surface area contributed by atoms with Gasteiger partial charge in [-0.15, -0.1) is 0 Å². The average Bonchev–Trinajstić information content (AvgIpc) is 3.27. The summed E-state index contributed by atoms with van der Waals surface area (Å²) < 4.78 is 7.32. The average molecular weight is 425 g/mol. The van der Waals surface area contributed by atoms with Crippen molar-refractivity contribution in [3.05, 3.63) is 103 Å². The summed E-state index contributed by atoms with van der Waals surface area (Å²) in [6.45, 7) is 2.97. The van der Waals surface area contributed by atoms with Gasteiger partial charge in [0.15, 0.2) is 0 Å². The number of pyridine rings is 1. The fourth-order valence-electron chi connectivity index (χ4n) is 3.27. The van der Waals surface area contributed by atoms with E-state index in [-0.39, 0.29) is 5.91 Å². The van der Waals surface area contributed by atoms with Crippen molar-refractivity contribution in [1.82, 2.24) is 20.1 Å². The van der Waals surface area contributed by atoms with Gasteiger partial charge in [0.05, 0.1) is 12.3 Å². The standard InChI is InChI=1S/C26H24N4O2/c1-2-32-24-12-6-8-20(16-24)17-28-25(31)14-13-22-19-30(23-10-4-3-5-11-23)29-26(22)21-9-7-15-27-18-21/h3-16,18-19H,2,17H2,1H3,(H,28,31)/b14-13+. The predicted molar refractivity (Wildman–Crippen MR) is 125 cm³/mol. The number of ether oxygens (including phenoxy) is 1. The largest absolute Gasteiger partial charge is 0.494 e. The minimum absolute atomic E-state index is 0.184. The lowest BCUT2D eigenvalue weighted by Gasteiger charge is -2.06. The van der Waals surface area contributed by atoms with Gasteiger partial charge in [-0.2, -0.15) is 5.10 Å². The van der Waals surface area contributed by atoms with E-state index in [1.807, 2.05) is 79.9 Å². The Bertz CT molecular complexity index is 1200. The fraction of sp³-hybridized carbons (Fsp3) is 0.115. The van der Waals surface area contributed by atoms with Crippen molar-refractivity contribution in [3.8, 4) is 22.7 Å². The number of rotatable bonds is 8. The van der Waals surface area contributed by atoms with Crippen molar-refractivity contribution in [3.63, 3.8) is 0 Å². The Morgan fingerprint density at radius 2 is 1.97 bits per heavy atom. The van der Waals surface area contributed by atoms with Gasteiger partial charge >= 0.3 is 0 Å². The minimum atomic E-state index is -0.184. The van der Waals surface area contributed by atoms with Gasteiger partial charge in [-0.3, -0.25) is 9.78 Å². The third-order valence-electron chi connectivity index (χ3n) is 4.79. The highest BCUT2D eigenvalue weighted by atomic mass is 16.5. The van der Waals surface area contributed by atoms with Crippen molar-refractivity contribution in [1.29, 1.82) is 0 Å². The second-order valence-electron chi connectivity index (χ2n) is 7.09. The molecule has 0 radical (unpaired) electrons. The molecule has 0 saturated carbocycles. The van der Waals surface area contributed by atoms with E-state index in [0.29, 0.717) is 13.2 Å². The molecule has 0 aliphatic heterocycles. The first-order valence-electron chi connectivity index (χ1n) is 10.5. The molecule has 1 amide bonds. The lowest BCUT2D eigenvalue weighted by Crippen LogP contribution is -2.20. The number of carbonyl (C=O) groups excluding carboxylic acids is 1. The van der Waals surface area contributed by atoms with Gasteiger partial charge in [0.25, 0.3) is 0 Å². The molecule has 0 aliphatic carbocycles. The number of nitrogens with zero attached hydrogens (tertiary/aromatic N) is 3. The van der Waals surface area contributed by atoms with E-state index >= 15 is 0 Å². The molecule has 0 spiro atoms. The molecule has 0 atom stereocenters. The Hall–Kier alpha value is -4.19. The fourth-order valence-corrected chi connectivity index (χ4v) is 3.27. The maximum atomic E-state index is 12.5. The summed E-state index contributed by atoms with van der Waals surface area (Å²) in [5, 5.41) is 7.64. The van der Waals surface area contributed by atoms with Crippen LogP contribution in [-0.4, -0.2) is 27.3 Å². The molecule has 0 fully saturated rings. The van der Waals surface area contributed by atoms with Crippen molar-refractivity contribution in [2.24, 2.45) is 0 Å². The smallest absolute Gasteiger partial charge is 0.244 e. The molecule has 4 aromatic rings. The van der Waals surface area contributed by atoms with Gasteiger partial charge in [-0.05, 0) is 55.0 Å². The number of para-hydroxylation sites is 1. The lowest BCUT2D eigenvalue weighted by molar-refractivity contribution is -0.116. The molecule has 1 N–H and O–H groups in total. The van der Waals surface area contributed by atoms with E-state index in [2.05, 4.69) is 10.3 Å². The quantitative estimate of drug-likeness (QED) is 0.418. The van der Waals surface area contributed by atoms with Crippen LogP contribution in [0.1, 0.15) is 18.1 Å². The molecule has 0 saturated heterocycles. The van der Waals surface area contributed by atoms with Crippen LogP contribution >= 0.6 is 0 Å². The monoisotopic (exact) mass is 424 g/mol. The van der Waals surface area contributed by atoms with Crippen molar-refractivity contribution in [2.75, 3.05) is 6.61 Å². The summed E-state index contributed by atoms with van der Waals surface area (Å²) in [7, 11) is 0. The van der Waals surface area contributed by atoms with E-state index in [9.17, 15) is 4.79 Å². The number of aromatic nitrogens is 3. The zero-order valence-electron chi connectivity index (χ0n) is 17.8. The van der Waals surface area contributed by atoms with Crippen LogP contribution in [0.4, 0.5) is 0 Å². The van der Waals surface area contributed by atoms with E-state index in [0.717, 1.165) is 33.8 Å². The number of hydrogen-bond acceptors (Lipinski definition) is 4. The van der Waals surface area contributed by atoms with Crippen LogP contribution in [0.2, 0.25) is 0 Å². The summed E-state index contributed by atoms with van der Waals surface area (Å²) in [6, 6.07) is 21.4. The molecule has 2 aromatic heterocycles. The number of benzene rings is 2. The maximum Gasteiger partial charge on any atom is 0.244 e. The molecular formula is C26H24N4O2. The minimum Gasteiger partial charge on any atom is -0.494 e. The van der Waals surface area contributed by atoms with Gasteiger partial charge in [-0.1, -0.05) is 30.3 Å². The van der Waals surface area contributed by atoms with Gasteiger partial charge in [0, 0.05) is 42.3 Å². The first-order chi connectivity index (χ1) is 15.7. The highest BCUT2D eigenvalue weighted by Crippen LogP contribution is 2.24. The topological polar surface area (TPSA) is 69.0 Å². The summed E-state index contributed by atoms with van der Waals surface area (Å²) in [5.74, 6) is 0.612. The van der Waals surface area contributed by atoms with Crippen LogP contribution in [0.3, 0.4) is 0 Å². The molecule has 2 heterocycles. The first kappa shape index (κ1) is 21.1. The highest BCUT2D eigenvalue weighted by Gasteiger charge is 2.11. The Kier molecular flexibility index (Phi) is 6.72. The predicted octanol–water partition coefficient (Wildman–Crippen LogP) is 4.66. The van der Waals surface area contributed by atoms with Gasteiger partial charge in [-0.25, -0.2) is 4.68 Å². The molecule has 160 valence electrons. The Balaban J connectivity index is 1.51. The first-order valence-corrected chi connectivity index (χ1v) is 10.5. The normalized spacial score (nSPS) is 10.9. The van der Waals surface area contributed by atoms with Crippen LogP contribution in [0.25, 0.3) is 23.0 Å². The molecule has 6 heteroatoms. The van der Waals surface area contributed by atoms with Crippen molar-refractivity contribution < 1.29 is 9.53 Å². The molecule has 0 unspecified atom stereocenters. The molecule has 0 bridgehead atoms. The zero-order chi connectivity index (χ0) is 22.2.